The lowest BCUT2D eigenvalue weighted by Crippen LogP contribution is -1.90. The molecule has 2 heterocycles. The zero-order valence-corrected chi connectivity index (χ0v) is 7.24. The van der Waals surface area contributed by atoms with E-state index in [1.807, 2.05) is 0 Å². The molecular weight excluding hydrogens is 172 g/mol. The van der Waals surface area contributed by atoms with Crippen molar-refractivity contribution in [3.8, 4) is 12.0 Å². The van der Waals surface area contributed by atoms with Crippen LogP contribution in [0.4, 0.5) is 0 Å². The van der Waals surface area contributed by atoms with Gasteiger partial charge in [-0.05, 0) is 0 Å². The van der Waals surface area contributed by atoms with Crippen molar-refractivity contribution in [3.63, 3.8) is 0 Å². The lowest BCUT2D eigenvalue weighted by molar-refractivity contribution is 0.380. The van der Waals surface area contributed by atoms with Crippen molar-refractivity contribution in [1.29, 1.82) is 0 Å². The highest BCUT2D eigenvalue weighted by atomic mass is 16.5. The molecule has 6 nitrogen and oxygen atoms in total. The molecule has 6 heteroatoms. The Balaban J connectivity index is 2.57. The van der Waals surface area contributed by atoms with Gasteiger partial charge >= 0.3 is 6.01 Å². The van der Waals surface area contributed by atoms with Gasteiger partial charge in [0.25, 0.3) is 6.01 Å². The maximum absolute atomic E-state index is 4.90. The number of fused-ring (bicyclic) bond motifs is 1. The normalized spacial score (nSPS) is 10.3. The van der Waals surface area contributed by atoms with Gasteiger partial charge in [0.05, 0.1) is 20.4 Å². The number of nitrogens with zero attached hydrogens (tertiary/aromatic N) is 3. The smallest absolute Gasteiger partial charge is 0.318 e. The topological polar surface area (TPSA) is 72.9 Å². The second-order valence-electron chi connectivity index (χ2n) is 2.34. The molecule has 0 amide bonds. The van der Waals surface area contributed by atoms with Crippen LogP contribution in [-0.2, 0) is 0 Å². The molecule has 0 aliphatic carbocycles. The molecule has 0 spiro atoms. The van der Waals surface area contributed by atoms with Crippen molar-refractivity contribution in [2.45, 2.75) is 0 Å². The first-order valence-corrected chi connectivity index (χ1v) is 3.64. The Labute approximate surface area is 73.9 Å². The van der Waals surface area contributed by atoms with E-state index in [-0.39, 0.29) is 0 Å². The third kappa shape index (κ3) is 1.26. The molecule has 2 rings (SSSR count). The molecule has 0 saturated heterocycles. The molecule has 0 aliphatic heterocycles. The number of rotatable bonds is 2. The van der Waals surface area contributed by atoms with E-state index in [0.717, 1.165) is 5.52 Å². The Morgan fingerprint density at radius 1 is 1.23 bits per heavy atom. The highest BCUT2D eigenvalue weighted by Crippen LogP contribution is 2.14. The molecule has 0 saturated carbocycles. The predicted octanol–water partition coefficient (Wildman–Crippen LogP) is 0.370. The van der Waals surface area contributed by atoms with Crippen molar-refractivity contribution in [3.05, 3.63) is 6.20 Å². The molecule has 1 N–H and O–H groups in total. The summed E-state index contributed by atoms with van der Waals surface area (Å²) in [7, 11) is 3.04. The number of methoxy groups -OCH3 is 2. The molecular formula is C7H8N4O2. The zero-order valence-electron chi connectivity index (χ0n) is 7.24. The van der Waals surface area contributed by atoms with Gasteiger partial charge in [0, 0.05) is 0 Å². The first-order valence-electron chi connectivity index (χ1n) is 3.64. The van der Waals surface area contributed by atoms with Gasteiger partial charge < -0.3 is 14.5 Å². The van der Waals surface area contributed by atoms with Crippen LogP contribution in [0, 0.1) is 0 Å². The van der Waals surface area contributed by atoms with Crippen LogP contribution in [0.25, 0.3) is 11.2 Å². The van der Waals surface area contributed by atoms with Crippen molar-refractivity contribution < 1.29 is 9.47 Å². The highest BCUT2D eigenvalue weighted by molar-refractivity contribution is 5.70. The van der Waals surface area contributed by atoms with Gasteiger partial charge in [-0.2, -0.15) is 9.97 Å². The molecule has 0 fully saturated rings. The number of nitrogens with one attached hydrogen (secondary N) is 1. The van der Waals surface area contributed by atoms with E-state index in [1.165, 1.54) is 14.2 Å². The van der Waals surface area contributed by atoms with Gasteiger partial charge in [-0.1, -0.05) is 0 Å². The van der Waals surface area contributed by atoms with E-state index >= 15 is 0 Å². The monoisotopic (exact) mass is 180 g/mol. The Hall–Kier alpha value is -1.85. The van der Waals surface area contributed by atoms with Gasteiger partial charge in [0.2, 0.25) is 0 Å². The average Bonchev–Trinajstić information content (AvgIpc) is 2.58. The van der Waals surface area contributed by atoms with Gasteiger partial charge in [-0.3, -0.25) is 0 Å². The fraction of sp³-hybridized carbons (Fsp3) is 0.286. The molecule has 0 atom stereocenters. The van der Waals surface area contributed by atoms with Gasteiger partial charge in [-0.25, -0.2) is 4.98 Å². The van der Waals surface area contributed by atoms with Crippen molar-refractivity contribution in [2.24, 2.45) is 0 Å². The van der Waals surface area contributed by atoms with Crippen LogP contribution in [0.15, 0.2) is 6.20 Å². The molecule has 2 aromatic rings. The zero-order chi connectivity index (χ0) is 9.26. The first-order chi connectivity index (χ1) is 6.33. The minimum Gasteiger partial charge on any atom is -0.468 e. The molecule has 0 radical (unpaired) electrons. The minimum absolute atomic E-state index is 0.293. The molecule has 0 unspecified atom stereocenters. The summed E-state index contributed by atoms with van der Waals surface area (Å²) in [5.41, 5.74) is 1.25. The van der Waals surface area contributed by atoms with Gasteiger partial charge in [0.1, 0.15) is 5.52 Å². The number of hydrogen-bond donors (Lipinski definition) is 1. The molecule has 0 aromatic carbocycles. The maximum Gasteiger partial charge on any atom is 0.318 e. The van der Waals surface area contributed by atoms with Crippen LogP contribution < -0.4 is 9.47 Å². The van der Waals surface area contributed by atoms with E-state index < -0.39 is 0 Å². The van der Waals surface area contributed by atoms with Crippen LogP contribution in [0.1, 0.15) is 0 Å². The molecule has 2 aromatic heterocycles. The number of imidazole rings is 1. The maximum atomic E-state index is 4.90. The Morgan fingerprint density at radius 2 is 2.08 bits per heavy atom. The van der Waals surface area contributed by atoms with Crippen LogP contribution in [-0.4, -0.2) is 34.2 Å². The molecule has 13 heavy (non-hydrogen) atoms. The second kappa shape index (κ2) is 2.89. The highest BCUT2D eigenvalue weighted by Gasteiger charge is 2.05. The largest absolute Gasteiger partial charge is 0.468 e. The summed E-state index contributed by atoms with van der Waals surface area (Å²) in [6.07, 6.45) is 1.59. The summed E-state index contributed by atoms with van der Waals surface area (Å²) in [5.74, 6) is 0. The van der Waals surface area contributed by atoms with Crippen LogP contribution in [0.2, 0.25) is 0 Å². The van der Waals surface area contributed by atoms with Crippen molar-refractivity contribution in [2.75, 3.05) is 14.2 Å². The number of ether oxygens (including phenoxy) is 2. The SMILES string of the molecule is COc1ncc2[nH]c(OC)nc2n1. The minimum atomic E-state index is 0.293. The Bertz CT molecular complexity index is 423. The number of aromatic nitrogens is 4. The van der Waals surface area contributed by atoms with E-state index in [2.05, 4.69) is 19.9 Å². The van der Waals surface area contributed by atoms with E-state index in [4.69, 9.17) is 9.47 Å². The Kier molecular flexibility index (Phi) is 1.73. The summed E-state index contributed by atoms with van der Waals surface area (Å²) in [5, 5.41) is 0. The lowest BCUT2D eigenvalue weighted by Gasteiger charge is -1.93. The van der Waals surface area contributed by atoms with Crippen LogP contribution >= 0.6 is 0 Å². The molecule has 68 valence electrons. The Morgan fingerprint density at radius 3 is 2.77 bits per heavy atom. The third-order valence-corrected chi connectivity index (χ3v) is 1.57. The summed E-state index contributed by atoms with van der Waals surface area (Å²) in [6, 6.07) is 0.708. The average molecular weight is 180 g/mol. The van der Waals surface area contributed by atoms with Crippen LogP contribution in [0.3, 0.4) is 0 Å². The van der Waals surface area contributed by atoms with Crippen LogP contribution in [0.5, 0.6) is 12.0 Å². The molecule has 0 bridgehead atoms. The standard InChI is InChI=1S/C7H8N4O2/c1-12-6-8-3-4-5(10-6)11-7(9-4)13-2/h3H,1-2H3,(H,8,9,10,11). The third-order valence-electron chi connectivity index (χ3n) is 1.57. The first kappa shape index (κ1) is 7.78. The van der Waals surface area contributed by atoms with E-state index in [1.54, 1.807) is 6.20 Å². The second-order valence-corrected chi connectivity index (χ2v) is 2.34. The lowest BCUT2D eigenvalue weighted by atomic mass is 10.6. The fourth-order valence-electron chi connectivity index (χ4n) is 0.965. The molecule has 0 aliphatic rings. The van der Waals surface area contributed by atoms with E-state index in [0.29, 0.717) is 17.7 Å². The predicted molar refractivity (Wildman–Crippen MR) is 44.8 cm³/mol. The van der Waals surface area contributed by atoms with Crippen molar-refractivity contribution >= 4 is 11.2 Å². The quantitative estimate of drug-likeness (QED) is 0.722. The summed E-state index contributed by atoms with van der Waals surface area (Å²) >= 11 is 0. The number of H-pyrrole nitrogens is 1. The summed E-state index contributed by atoms with van der Waals surface area (Å²) in [6.45, 7) is 0. The fourth-order valence-corrected chi connectivity index (χ4v) is 0.965. The van der Waals surface area contributed by atoms with Gasteiger partial charge in [-0.15, -0.1) is 0 Å². The number of hydrogen-bond acceptors (Lipinski definition) is 5. The van der Waals surface area contributed by atoms with Crippen molar-refractivity contribution in [1.82, 2.24) is 19.9 Å². The van der Waals surface area contributed by atoms with Gasteiger partial charge in [0.15, 0.2) is 5.65 Å². The van der Waals surface area contributed by atoms with E-state index in [9.17, 15) is 0 Å². The summed E-state index contributed by atoms with van der Waals surface area (Å²) < 4.78 is 9.75. The number of aromatic amines is 1. The summed E-state index contributed by atoms with van der Waals surface area (Å²) in [4.78, 5) is 14.8.